The largest absolute Gasteiger partial charge is 0.340 e. The minimum Gasteiger partial charge on any atom is -0.340 e. The third-order valence-electron chi connectivity index (χ3n) is 4.11. The highest BCUT2D eigenvalue weighted by atomic mass is 16.2. The molecule has 0 fully saturated rings. The van der Waals surface area contributed by atoms with E-state index < -0.39 is 0 Å². The lowest BCUT2D eigenvalue weighted by atomic mass is 10.1. The number of amides is 2. The molecule has 4 rings (SSSR count). The number of aromatic nitrogens is 2. The van der Waals surface area contributed by atoms with Crippen LogP contribution in [0.4, 0.5) is 11.5 Å². The van der Waals surface area contributed by atoms with Crippen molar-refractivity contribution in [3.8, 4) is 0 Å². The first-order valence-corrected chi connectivity index (χ1v) is 8.18. The second-order valence-corrected chi connectivity index (χ2v) is 6.41. The highest BCUT2D eigenvalue weighted by Gasteiger charge is 2.26. The van der Waals surface area contributed by atoms with Gasteiger partial charge >= 0.3 is 0 Å². The van der Waals surface area contributed by atoms with Gasteiger partial charge in [0.2, 0.25) is 0 Å². The quantitative estimate of drug-likeness (QED) is 0.704. The van der Waals surface area contributed by atoms with Crippen molar-refractivity contribution in [1.29, 1.82) is 0 Å². The van der Waals surface area contributed by atoms with E-state index in [1.54, 1.807) is 18.2 Å². The Hall–Kier alpha value is -3.32. The molecule has 0 unspecified atom stereocenters. The number of carbonyl (C=O) groups excluding carboxylic acids is 2. The number of hydrogen-bond acceptors (Lipinski definition) is 6. The van der Waals surface area contributed by atoms with E-state index >= 15 is 0 Å². The SMILES string of the molecule is CN(C)Cc1nc(Nc2ccc3c(c2)C(=O)NC3=O)c2ccccc2n1. The van der Waals surface area contributed by atoms with Gasteiger partial charge in [-0.1, -0.05) is 12.1 Å². The van der Waals surface area contributed by atoms with E-state index in [9.17, 15) is 9.59 Å². The van der Waals surface area contributed by atoms with E-state index in [2.05, 4.69) is 20.6 Å². The van der Waals surface area contributed by atoms with Crippen molar-refractivity contribution >= 4 is 34.2 Å². The molecule has 2 amide bonds. The van der Waals surface area contributed by atoms with Crippen LogP contribution in [0.2, 0.25) is 0 Å². The second-order valence-electron chi connectivity index (χ2n) is 6.41. The normalized spacial score (nSPS) is 13.2. The molecule has 0 saturated carbocycles. The first-order chi connectivity index (χ1) is 12.5. The predicted molar refractivity (Wildman–Crippen MR) is 98.5 cm³/mol. The Bertz CT molecular complexity index is 1050. The van der Waals surface area contributed by atoms with Gasteiger partial charge in [-0.15, -0.1) is 0 Å². The summed E-state index contributed by atoms with van der Waals surface area (Å²) < 4.78 is 0. The highest BCUT2D eigenvalue weighted by molar-refractivity contribution is 6.21. The molecule has 130 valence electrons. The van der Waals surface area contributed by atoms with Crippen molar-refractivity contribution in [2.24, 2.45) is 0 Å². The second kappa shape index (κ2) is 6.20. The number of para-hydroxylation sites is 1. The fourth-order valence-electron chi connectivity index (χ4n) is 2.96. The fraction of sp³-hybridized carbons (Fsp3) is 0.158. The van der Waals surface area contributed by atoms with Gasteiger partial charge in [0.25, 0.3) is 11.8 Å². The Labute approximate surface area is 150 Å². The molecule has 2 N–H and O–H groups in total. The summed E-state index contributed by atoms with van der Waals surface area (Å²) in [7, 11) is 3.92. The van der Waals surface area contributed by atoms with Crippen LogP contribution in [0.25, 0.3) is 10.9 Å². The van der Waals surface area contributed by atoms with Crippen LogP contribution < -0.4 is 10.6 Å². The highest BCUT2D eigenvalue weighted by Crippen LogP contribution is 2.26. The van der Waals surface area contributed by atoms with Crippen LogP contribution in [-0.4, -0.2) is 40.8 Å². The van der Waals surface area contributed by atoms with Crippen LogP contribution in [0, 0.1) is 0 Å². The molecule has 2 heterocycles. The van der Waals surface area contributed by atoms with E-state index in [-0.39, 0.29) is 11.8 Å². The predicted octanol–water partition coefficient (Wildman–Crippen LogP) is 2.32. The van der Waals surface area contributed by atoms with E-state index in [4.69, 9.17) is 0 Å². The number of nitrogens with zero attached hydrogens (tertiary/aromatic N) is 3. The Balaban J connectivity index is 1.76. The molecule has 0 atom stereocenters. The monoisotopic (exact) mass is 347 g/mol. The summed E-state index contributed by atoms with van der Waals surface area (Å²) in [5.41, 5.74) is 2.29. The third-order valence-corrected chi connectivity index (χ3v) is 4.11. The number of hydrogen-bond donors (Lipinski definition) is 2. The van der Waals surface area contributed by atoms with Crippen molar-refractivity contribution in [3.63, 3.8) is 0 Å². The smallest absolute Gasteiger partial charge is 0.259 e. The molecule has 1 aromatic heterocycles. The number of anilines is 2. The van der Waals surface area contributed by atoms with Crippen LogP contribution in [0.5, 0.6) is 0 Å². The summed E-state index contributed by atoms with van der Waals surface area (Å²) in [5, 5.41) is 6.45. The number of nitrogens with one attached hydrogen (secondary N) is 2. The standard InChI is InChI=1S/C19H17N5O2/c1-24(2)10-16-21-15-6-4-3-5-13(15)17(22-16)20-11-7-8-12-14(9-11)19(26)23-18(12)25/h3-9H,10H2,1-2H3,(H,20,21,22)(H,23,25,26). The molecular formula is C19H17N5O2. The summed E-state index contributed by atoms with van der Waals surface area (Å²) in [5.74, 6) is 0.620. The summed E-state index contributed by atoms with van der Waals surface area (Å²) in [6.45, 7) is 0.612. The minimum atomic E-state index is -0.380. The van der Waals surface area contributed by atoms with Crippen molar-refractivity contribution < 1.29 is 9.59 Å². The molecule has 0 aliphatic carbocycles. The lowest BCUT2D eigenvalue weighted by Gasteiger charge is -2.13. The number of carbonyl (C=O) groups is 2. The summed E-state index contributed by atoms with van der Waals surface area (Å²) in [6, 6.07) is 12.8. The molecule has 7 nitrogen and oxygen atoms in total. The van der Waals surface area contributed by atoms with Gasteiger partial charge < -0.3 is 10.2 Å². The Morgan fingerprint density at radius 3 is 2.58 bits per heavy atom. The lowest BCUT2D eigenvalue weighted by molar-refractivity contribution is 0.0879. The van der Waals surface area contributed by atoms with Gasteiger partial charge in [0, 0.05) is 11.1 Å². The van der Waals surface area contributed by atoms with Crippen LogP contribution in [-0.2, 0) is 6.54 Å². The summed E-state index contributed by atoms with van der Waals surface area (Å²) in [4.78, 5) is 34.8. The average Bonchev–Trinajstić information content (AvgIpc) is 2.88. The van der Waals surface area contributed by atoms with Gasteiger partial charge in [-0.2, -0.15) is 0 Å². The molecule has 2 aromatic carbocycles. The zero-order valence-corrected chi connectivity index (χ0v) is 14.4. The van der Waals surface area contributed by atoms with Gasteiger partial charge in [0.1, 0.15) is 11.6 Å². The first kappa shape index (κ1) is 16.2. The Morgan fingerprint density at radius 2 is 1.77 bits per heavy atom. The van der Waals surface area contributed by atoms with Crippen LogP contribution in [0.3, 0.4) is 0 Å². The maximum atomic E-state index is 11.9. The number of rotatable bonds is 4. The molecule has 0 saturated heterocycles. The third kappa shape index (κ3) is 2.89. The maximum Gasteiger partial charge on any atom is 0.259 e. The van der Waals surface area contributed by atoms with Crippen molar-refractivity contribution in [2.75, 3.05) is 19.4 Å². The van der Waals surface area contributed by atoms with Crippen LogP contribution in [0.1, 0.15) is 26.5 Å². The zero-order valence-electron chi connectivity index (χ0n) is 14.4. The molecule has 1 aliphatic heterocycles. The molecule has 0 spiro atoms. The van der Waals surface area contributed by atoms with E-state index in [0.29, 0.717) is 35.0 Å². The van der Waals surface area contributed by atoms with Gasteiger partial charge in [-0.05, 0) is 44.4 Å². The summed E-state index contributed by atoms with van der Waals surface area (Å²) >= 11 is 0. The zero-order chi connectivity index (χ0) is 18.3. The number of fused-ring (bicyclic) bond motifs is 2. The Morgan fingerprint density at radius 1 is 1.00 bits per heavy atom. The van der Waals surface area contributed by atoms with Gasteiger partial charge in [-0.25, -0.2) is 9.97 Å². The van der Waals surface area contributed by atoms with Crippen molar-refractivity contribution in [1.82, 2.24) is 20.2 Å². The number of benzene rings is 2. The molecule has 26 heavy (non-hydrogen) atoms. The molecule has 0 radical (unpaired) electrons. The van der Waals surface area contributed by atoms with Crippen molar-refractivity contribution in [3.05, 3.63) is 59.4 Å². The van der Waals surface area contributed by atoms with Gasteiger partial charge in [-0.3, -0.25) is 14.9 Å². The first-order valence-electron chi connectivity index (χ1n) is 8.18. The molecule has 3 aromatic rings. The maximum absolute atomic E-state index is 11.9. The topological polar surface area (TPSA) is 87.2 Å². The van der Waals surface area contributed by atoms with E-state index in [1.165, 1.54) is 0 Å². The van der Waals surface area contributed by atoms with Crippen molar-refractivity contribution in [2.45, 2.75) is 6.54 Å². The minimum absolute atomic E-state index is 0.364. The summed E-state index contributed by atoms with van der Waals surface area (Å²) in [6.07, 6.45) is 0. The van der Waals surface area contributed by atoms with E-state index in [0.717, 1.165) is 10.9 Å². The molecule has 7 heteroatoms. The Kier molecular flexibility index (Phi) is 3.85. The van der Waals surface area contributed by atoms with Crippen LogP contribution >= 0.6 is 0 Å². The van der Waals surface area contributed by atoms with Gasteiger partial charge in [0.15, 0.2) is 0 Å². The van der Waals surface area contributed by atoms with E-state index in [1.807, 2.05) is 43.3 Å². The fourth-order valence-corrected chi connectivity index (χ4v) is 2.96. The van der Waals surface area contributed by atoms with Gasteiger partial charge in [0.05, 0.1) is 23.2 Å². The molecular weight excluding hydrogens is 330 g/mol. The number of imide groups is 1. The lowest BCUT2D eigenvalue weighted by Crippen LogP contribution is -2.19. The van der Waals surface area contributed by atoms with Crippen LogP contribution in [0.15, 0.2) is 42.5 Å². The molecule has 1 aliphatic rings. The average molecular weight is 347 g/mol. The molecule has 0 bridgehead atoms.